The van der Waals surface area contributed by atoms with Crippen LogP contribution in [-0.2, 0) is 6.54 Å². The molecular weight excluding hydrogens is 548 g/mol. The van der Waals surface area contributed by atoms with E-state index < -0.39 is 0 Å². The molecule has 0 aliphatic carbocycles. The minimum Gasteiger partial charge on any atom is -0.494 e. The van der Waals surface area contributed by atoms with Crippen molar-refractivity contribution in [2.24, 2.45) is 4.99 Å². The molecule has 44 heavy (non-hydrogen) atoms. The SMILES string of the molecule is CC[C@@H](NC(=O)c1ccc2[nH]c(O)c(C(=Nc3ccc(CN4CCN(C)CC4)cc3)c3cccnc3)c2c1)c1ccccc1. The molecule has 2 aromatic heterocycles. The van der Waals surface area contributed by atoms with Gasteiger partial charge >= 0.3 is 0 Å². The van der Waals surface area contributed by atoms with Gasteiger partial charge in [0.1, 0.15) is 0 Å². The summed E-state index contributed by atoms with van der Waals surface area (Å²) in [5.74, 6) is -0.187. The van der Waals surface area contributed by atoms with Crippen molar-refractivity contribution >= 4 is 28.2 Å². The van der Waals surface area contributed by atoms with Gasteiger partial charge in [-0.3, -0.25) is 14.7 Å². The molecule has 224 valence electrons. The zero-order chi connectivity index (χ0) is 30.5. The number of nitrogens with one attached hydrogen (secondary N) is 2. The number of aliphatic imine (C=N–C) groups is 1. The molecular formula is C36H38N6O2. The first-order chi connectivity index (χ1) is 21.5. The van der Waals surface area contributed by atoms with E-state index in [1.165, 1.54) is 5.56 Å². The molecule has 1 aliphatic rings. The normalized spacial score (nSPS) is 15.4. The smallest absolute Gasteiger partial charge is 0.251 e. The number of carbonyl (C=O) groups is 1. The largest absolute Gasteiger partial charge is 0.494 e. The summed E-state index contributed by atoms with van der Waals surface area (Å²) in [7, 11) is 2.17. The minimum absolute atomic E-state index is 0.0115. The van der Waals surface area contributed by atoms with Gasteiger partial charge < -0.3 is 20.3 Å². The van der Waals surface area contributed by atoms with Crippen molar-refractivity contribution in [3.8, 4) is 5.88 Å². The van der Waals surface area contributed by atoms with E-state index in [0.29, 0.717) is 27.7 Å². The van der Waals surface area contributed by atoms with E-state index >= 15 is 0 Å². The number of aromatic nitrogens is 2. The Morgan fingerprint density at radius 1 is 0.977 bits per heavy atom. The van der Waals surface area contributed by atoms with Crippen LogP contribution in [0, 0.1) is 0 Å². The molecule has 1 amide bonds. The summed E-state index contributed by atoms with van der Waals surface area (Å²) in [4.78, 5) is 30.7. The van der Waals surface area contributed by atoms with Crippen LogP contribution in [0.25, 0.3) is 10.9 Å². The molecule has 0 radical (unpaired) electrons. The van der Waals surface area contributed by atoms with Gasteiger partial charge in [0.05, 0.1) is 23.0 Å². The molecule has 3 N–H and O–H groups in total. The number of rotatable bonds is 9. The molecule has 8 nitrogen and oxygen atoms in total. The topological polar surface area (TPSA) is 96.8 Å². The summed E-state index contributed by atoms with van der Waals surface area (Å²) in [5.41, 5.74) is 6.14. The van der Waals surface area contributed by atoms with Crippen LogP contribution in [-0.4, -0.2) is 69.7 Å². The summed E-state index contributed by atoms with van der Waals surface area (Å²) < 4.78 is 0. The van der Waals surface area contributed by atoms with Gasteiger partial charge in [0.2, 0.25) is 0 Å². The van der Waals surface area contributed by atoms with Gasteiger partial charge in [-0.1, -0.05) is 49.4 Å². The third-order valence-corrected chi connectivity index (χ3v) is 8.31. The summed E-state index contributed by atoms with van der Waals surface area (Å²) in [5, 5.41) is 15.1. The first-order valence-corrected chi connectivity index (χ1v) is 15.2. The predicted octanol–water partition coefficient (Wildman–Crippen LogP) is 6.07. The lowest BCUT2D eigenvalue weighted by atomic mass is 10.00. The zero-order valence-corrected chi connectivity index (χ0v) is 25.2. The van der Waals surface area contributed by atoms with E-state index in [4.69, 9.17) is 4.99 Å². The van der Waals surface area contributed by atoms with Crippen LogP contribution in [0.5, 0.6) is 5.88 Å². The Bertz CT molecular complexity index is 1740. The Morgan fingerprint density at radius 2 is 1.75 bits per heavy atom. The standard InChI is InChI=1S/C36H38N6O2/c1-3-31(26-8-5-4-6-9-26)39-35(43)27-13-16-32-30(22-27)33(36(44)40-32)34(28-10-7-17-37-23-28)38-29-14-11-25(12-15-29)24-42-20-18-41(2)19-21-42/h4-17,22-23,31,40,44H,3,18-21,24H2,1-2H3,(H,39,43)/t31-/m1/s1. The van der Waals surface area contributed by atoms with Crippen molar-refractivity contribution in [1.29, 1.82) is 0 Å². The molecule has 1 aliphatic heterocycles. The third-order valence-electron chi connectivity index (χ3n) is 8.31. The maximum absolute atomic E-state index is 13.4. The maximum atomic E-state index is 13.4. The number of aromatic amines is 1. The Labute approximate surface area is 258 Å². The number of pyridine rings is 1. The molecule has 0 saturated carbocycles. The second-order valence-corrected chi connectivity index (χ2v) is 11.4. The van der Waals surface area contributed by atoms with Crippen LogP contribution in [0.2, 0.25) is 0 Å². The van der Waals surface area contributed by atoms with Crippen molar-refractivity contribution in [3.05, 3.63) is 125 Å². The Kier molecular flexibility index (Phi) is 8.81. The number of nitrogens with zero attached hydrogens (tertiary/aromatic N) is 4. The van der Waals surface area contributed by atoms with Gasteiger partial charge in [0, 0.05) is 67.1 Å². The van der Waals surface area contributed by atoms with Gasteiger partial charge in [-0.05, 0) is 67.1 Å². The fraction of sp³-hybridized carbons (Fsp3) is 0.250. The van der Waals surface area contributed by atoms with Crippen molar-refractivity contribution in [1.82, 2.24) is 25.1 Å². The van der Waals surface area contributed by atoms with E-state index in [1.54, 1.807) is 18.5 Å². The minimum atomic E-state index is -0.176. The summed E-state index contributed by atoms with van der Waals surface area (Å²) >= 11 is 0. The third kappa shape index (κ3) is 6.56. The van der Waals surface area contributed by atoms with Gasteiger partial charge in [0.15, 0.2) is 5.88 Å². The molecule has 0 bridgehead atoms. The Hall–Kier alpha value is -4.79. The van der Waals surface area contributed by atoms with Gasteiger partial charge in [0.25, 0.3) is 5.91 Å². The first-order valence-electron chi connectivity index (χ1n) is 15.2. The van der Waals surface area contributed by atoms with Crippen LogP contribution >= 0.6 is 0 Å². The molecule has 1 fully saturated rings. The highest BCUT2D eigenvalue weighted by molar-refractivity contribution is 6.22. The number of hydrogen-bond acceptors (Lipinski definition) is 6. The summed E-state index contributed by atoms with van der Waals surface area (Å²) in [6.07, 6.45) is 4.21. The molecule has 3 heterocycles. The first kappa shape index (κ1) is 29.3. The number of likely N-dealkylation sites (N-methyl/N-ethyl adjacent to an activating group) is 1. The highest BCUT2D eigenvalue weighted by Crippen LogP contribution is 2.32. The Balaban J connectivity index is 1.33. The van der Waals surface area contributed by atoms with Crippen molar-refractivity contribution < 1.29 is 9.90 Å². The quantitative estimate of drug-likeness (QED) is 0.182. The highest BCUT2D eigenvalue weighted by atomic mass is 16.3. The van der Waals surface area contributed by atoms with Gasteiger partial charge in [-0.25, -0.2) is 4.99 Å². The van der Waals surface area contributed by atoms with Gasteiger partial charge in [-0.2, -0.15) is 0 Å². The fourth-order valence-electron chi connectivity index (χ4n) is 5.74. The average Bonchev–Trinajstić information content (AvgIpc) is 3.39. The number of benzene rings is 3. The molecule has 0 spiro atoms. The van der Waals surface area contributed by atoms with E-state index in [1.807, 2.05) is 66.7 Å². The van der Waals surface area contributed by atoms with Crippen LogP contribution in [0.3, 0.4) is 0 Å². The maximum Gasteiger partial charge on any atom is 0.251 e. The molecule has 8 heteroatoms. The van der Waals surface area contributed by atoms with E-state index in [9.17, 15) is 9.90 Å². The average molecular weight is 587 g/mol. The van der Waals surface area contributed by atoms with Crippen molar-refractivity contribution in [2.45, 2.75) is 25.9 Å². The molecule has 3 aromatic carbocycles. The second kappa shape index (κ2) is 13.2. The lowest BCUT2D eigenvalue weighted by Crippen LogP contribution is -2.43. The monoisotopic (exact) mass is 586 g/mol. The number of hydrogen-bond donors (Lipinski definition) is 3. The zero-order valence-electron chi connectivity index (χ0n) is 25.2. The number of piperazine rings is 1. The van der Waals surface area contributed by atoms with Crippen LogP contribution < -0.4 is 5.32 Å². The van der Waals surface area contributed by atoms with Crippen LogP contribution in [0.1, 0.15) is 52.0 Å². The lowest BCUT2D eigenvalue weighted by Gasteiger charge is -2.32. The molecule has 1 atom stereocenters. The number of amides is 1. The highest BCUT2D eigenvalue weighted by Gasteiger charge is 2.21. The lowest BCUT2D eigenvalue weighted by molar-refractivity contribution is 0.0935. The molecule has 1 saturated heterocycles. The predicted molar refractivity (Wildman–Crippen MR) is 176 cm³/mol. The summed E-state index contributed by atoms with van der Waals surface area (Å²) in [6.45, 7) is 7.25. The second-order valence-electron chi connectivity index (χ2n) is 11.4. The van der Waals surface area contributed by atoms with E-state index in [0.717, 1.165) is 56.0 Å². The van der Waals surface area contributed by atoms with Gasteiger partial charge in [-0.15, -0.1) is 0 Å². The van der Waals surface area contributed by atoms with Crippen molar-refractivity contribution in [2.75, 3.05) is 33.2 Å². The number of fused-ring (bicyclic) bond motifs is 1. The molecule has 0 unspecified atom stereocenters. The van der Waals surface area contributed by atoms with E-state index in [-0.39, 0.29) is 17.8 Å². The fourth-order valence-corrected chi connectivity index (χ4v) is 5.74. The molecule has 5 aromatic rings. The molecule has 6 rings (SSSR count). The summed E-state index contributed by atoms with van der Waals surface area (Å²) in [6, 6.07) is 27.3. The number of carbonyl (C=O) groups excluding carboxylic acids is 1. The van der Waals surface area contributed by atoms with Crippen LogP contribution in [0.4, 0.5) is 5.69 Å². The Morgan fingerprint density at radius 3 is 2.45 bits per heavy atom. The number of aromatic hydroxyl groups is 1. The van der Waals surface area contributed by atoms with E-state index in [2.05, 4.69) is 51.2 Å². The van der Waals surface area contributed by atoms with Crippen LogP contribution in [0.15, 0.2) is 102 Å². The number of H-pyrrole nitrogens is 1. The van der Waals surface area contributed by atoms with Crippen molar-refractivity contribution in [3.63, 3.8) is 0 Å².